The van der Waals surface area contributed by atoms with Crippen molar-refractivity contribution in [3.63, 3.8) is 0 Å². The highest BCUT2D eigenvalue weighted by atomic mass is 35.5. The molecule has 0 aliphatic carbocycles. The Morgan fingerprint density at radius 3 is 2.82 bits per heavy atom. The predicted octanol–water partition coefficient (Wildman–Crippen LogP) is 4.05. The van der Waals surface area contributed by atoms with Crippen LogP contribution in [0.1, 0.15) is 51.0 Å². The molecule has 1 fully saturated rings. The third-order valence-corrected chi connectivity index (χ3v) is 4.87. The Bertz CT molecular complexity index is 464. The van der Waals surface area contributed by atoms with Crippen molar-refractivity contribution in [2.24, 2.45) is 5.73 Å². The lowest BCUT2D eigenvalue weighted by atomic mass is 9.85. The van der Waals surface area contributed by atoms with Gasteiger partial charge >= 0.3 is 0 Å². The van der Waals surface area contributed by atoms with Gasteiger partial charge in [0.1, 0.15) is 5.75 Å². The van der Waals surface area contributed by atoms with E-state index in [1.807, 2.05) is 19.1 Å². The van der Waals surface area contributed by atoms with Gasteiger partial charge in [0.15, 0.2) is 0 Å². The van der Waals surface area contributed by atoms with E-state index >= 15 is 0 Å². The summed E-state index contributed by atoms with van der Waals surface area (Å²) in [4.78, 5) is 2.62. The van der Waals surface area contributed by atoms with Crippen LogP contribution in [0.2, 0.25) is 5.02 Å². The summed E-state index contributed by atoms with van der Waals surface area (Å²) in [6.07, 6.45) is 5.02. The summed E-state index contributed by atoms with van der Waals surface area (Å²) in [5.74, 6) is 1.11. The van der Waals surface area contributed by atoms with Crippen LogP contribution in [0, 0.1) is 0 Å². The van der Waals surface area contributed by atoms with Crippen molar-refractivity contribution < 1.29 is 4.74 Å². The van der Waals surface area contributed by atoms with Gasteiger partial charge in [-0.2, -0.15) is 0 Å². The number of hydrogen-bond acceptors (Lipinski definition) is 3. The van der Waals surface area contributed by atoms with E-state index in [9.17, 15) is 0 Å². The van der Waals surface area contributed by atoms with Crippen molar-refractivity contribution >= 4 is 11.6 Å². The van der Waals surface area contributed by atoms with E-state index in [0.717, 1.165) is 12.3 Å². The average Bonchev–Trinajstić information content (AvgIpc) is 2.53. The van der Waals surface area contributed by atoms with Gasteiger partial charge in [0, 0.05) is 18.5 Å². The molecule has 0 spiro atoms. The molecular formula is C18H29ClN2O. The minimum Gasteiger partial charge on any atom is -0.492 e. The summed E-state index contributed by atoms with van der Waals surface area (Å²) >= 11 is 6.37. The largest absolute Gasteiger partial charge is 0.492 e. The lowest BCUT2D eigenvalue weighted by Crippen LogP contribution is -2.45. The Morgan fingerprint density at radius 1 is 1.36 bits per heavy atom. The van der Waals surface area contributed by atoms with Crippen LogP contribution in [-0.2, 0) is 0 Å². The molecule has 0 aromatic heterocycles. The monoisotopic (exact) mass is 324 g/mol. The predicted molar refractivity (Wildman–Crippen MR) is 93.9 cm³/mol. The second-order valence-electron chi connectivity index (χ2n) is 6.06. The van der Waals surface area contributed by atoms with Gasteiger partial charge in [0.05, 0.1) is 11.6 Å². The molecule has 124 valence electrons. The molecule has 2 rings (SSSR count). The molecule has 1 aliphatic rings. The number of benzene rings is 1. The van der Waals surface area contributed by atoms with E-state index in [2.05, 4.69) is 17.9 Å². The molecule has 1 heterocycles. The van der Waals surface area contributed by atoms with Gasteiger partial charge in [-0.25, -0.2) is 0 Å². The third kappa shape index (κ3) is 4.15. The zero-order chi connectivity index (χ0) is 15.9. The number of piperidine rings is 1. The first-order chi connectivity index (χ1) is 10.7. The fourth-order valence-corrected chi connectivity index (χ4v) is 3.82. The fourth-order valence-electron chi connectivity index (χ4n) is 3.57. The van der Waals surface area contributed by atoms with E-state index in [1.54, 1.807) is 0 Å². The van der Waals surface area contributed by atoms with E-state index in [0.29, 0.717) is 30.1 Å². The number of rotatable bonds is 7. The summed E-state index contributed by atoms with van der Waals surface area (Å²) in [6.45, 7) is 7.86. The molecule has 3 nitrogen and oxygen atoms in total. The maximum Gasteiger partial charge on any atom is 0.137 e. The molecule has 1 aliphatic heterocycles. The first-order valence-corrected chi connectivity index (χ1v) is 8.95. The molecule has 1 aromatic carbocycles. The minimum atomic E-state index is 0.347. The molecule has 2 N–H and O–H groups in total. The summed E-state index contributed by atoms with van der Waals surface area (Å²) < 4.78 is 5.54. The van der Waals surface area contributed by atoms with Crippen LogP contribution < -0.4 is 10.5 Å². The SMILES string of the molecule is CCCN1CCCCC1C(CN)c1ccc(OCC)c(Cl)c1. The van der Waals surface area contributed by atoms with Crippen molar-refractivity contribution in [3.8, 4) is 5.75 Å². The molecule has 0 amide bonds. The van der Waals surface area contributed by atoms with E-state index in [-0.39, 0.29) is 0 Å². The van der Waals surface area contributed by atoms with E-state index in [4.69, 9.17) is 22.1 Å². The normalized spacial score (nSPS) is 20.8. The molecule has 22 heavy (non-hydrogen) atoms. The molecular weight excluding hydrogens is 296 g/mol. The molecule has 0 bridgehead atoms. The minimum absolute atomic E-state index is 0.347. The summed E-state index contributed by atoms with van der Waals surface area (Å²) in [7, 11) is 0. The maximum absolute atomic E-state index is 6.37. The summed E-state index contributed by atoms with van der Waals surface area (Å²) in [6, 6.07) is 6.69. The van der Waals surface area contributed by atoms with Gasteiger partial charge < -0.3 is 10.5 Å². The lowest BCUT2D eigenvalue weighted by Gasteiger charge is -2.40. The maximum atomic E-state index is 6.37. The van der Waals surface area contributed by atoms with Gasteiger partial charge in [0.2, 0.25) is 0 Å². The Hall–Kier alpha value is -0.770. The highest BCUT2D eigenvalue weighted by Gasteiger charge is 2.29. The third-order valence-electron chi connectivity index (χ3n) is 4.58. The second-order valence-corrected chi connectivity index (χ2v) is 6.47. The van der Waals surface area contributed by atoms with E-state index in [1.165, 1.54) is 37.8 Å². The topological polar surface area (TPSA) is 38.5 Å². The quantitative estimate of drug-likeness (QED) is 0.822. The van der Waals surface area contributed by atoms with Gasteiger partial charge in [-0.1, -0.05) is 31.0 Å². The van der Waals surface area contributed by atoms with Crippen LogP contribution in [-0.4, -0.2) is 37.2 Å². The average molecular weight is 325 g/mol. The van der Waals surface area contributed by atoms with Crippen molar-refractivity contribution in [1.82, 2.24) is 4.90 Å². The lowest BCUT2D eigenvalue weighted by molar-refractivity contribution is 0.127. The molecule has 1 aromatic rings. The van der Waals surface area contributed by atoms with Crippen LogP contribution in [0.15, 0.2) is 18.2 Å². The number of hydrogen-bond donors (Lipinski definition) is 1. The number of halogens is 1. The Balaban J connectivity index is 2.20. The van der Waals surface area contributed by atoms with Gasteiger partial charge in [0.25, 0.3) is 0 Å². The first kappa shape index (κ1) is 17.6. The van der Waals surface area contributed by atoms with E-state index < -0.39 is 0 Å². The van der Waals surface area contributed by atoms with Crippen molar-refractivity contribution in [3.05, 3.63) is 28.8 Å². The number of ether oxygens (including phenoxy) is 1. The highest BCUT2D eigenvalue weighted by Crippen LogP contribution is 2.34. The molecule has 0 radical (unpaired) electrons. The molecule has 1 saturated heterocycles. The smallest absolute Gasteiger partial charge is 0.137 e. The van der Waals surface area contributed by atoms with Crippen LogP contribution >= 0.6 is 11.6 Å². The summed E-state index contributed by atoms with van der Waals surface area (Å²) in [5, 5.41) is 0.690. The Morgan fingerprint density at radius 2 is 2.18 bits per heavy atom. The Kier molecular flexibility index (Phi) is 7.00. The number of nitrogens with zero attached hydrogens (tertiary/aromatic N) is 1. The van der Waals surface area contributed by atoms with Crippen LogP contribution in [0.5, 0.6) is 5.75 Å². The second kappa shape index (κ2) is 8.76. The summed E-state index contributed by atoms with van der Waals surface area (Å²) in [5.41, 5.74) is 7.38. The highest BCUT2D eigenvalue weighted by molar-refractivity contribution is 6.32. The number of likely N-dealkylation sites (tertiary alicyclic amines) is 1. The molecule has 4 heteroatoms. The van der Waals surface area contributed by atoms with Crippen LogP contribution in [0.4, 0.5) is 0 Å². The van der Waals surface area contributed by atoms with Crippen molar-refractivity contribution in [2.75, 3.05) is 26.2 Å². The molecule has 2 atom stereocenters. The molecule has 2 unspecified atom stereocenters. The zero-order valence-corrected chi connectivity index (χ0v) is 14.6. The first-order valence-electron chi connectivity index (χ1n) is 8.57. The van der Waals surface area contributed by atoms with Crippen LogP contribution in [0.25, 0.3) is 0 Å². The van der Waals surface area contributed by atoms with Gasteiger partial charge in [-0.3, -0.25) is 4.90 Å². The molecule has 0 saturated carbocycles. The van der Waals surface area contributed by atoms with Crippen LogP contribution in [0.3, 0.4) is 0 Å². The number of nitrogens with two attached hydrogens (primary N) is 1. The van der Waals surface area contributed by atoms with Gasteiger partial charge in [-0.15, -0.1) is 0 Å². The zero-order valence-electron chi connectivity index (χ0n) is 13.9. The van der Waals surface area contributed by atoms with Crippen molar-refractivity contribution in [2.45, 2.75) is 51.5 Å². The van der Waals surface area contributed by atoms with Gasteiger partial charge in [-0.05, 0) is 57.0 Å². The van der Waals surface area contributed by atoms with Crippen molar-refractivity contribution in [1.29, 1.82) is 0 Å². The standard InChI is InChI=1S/C18H29ClN2O/c1-3-10-21-11-6-5-7-17(21)15(13-20)14-8-9-18(22-4-2)16(19)12-14/h8-9,12,15,17H,3-7,10-11,13,20H2,1-2H3. The fraction of sp³-hybridized carbons (Fsp3) is 0.667. The Labute approximate surface area is 139 Å².